The topological polar surface area (TPSA) is 80.4 Å². The van der Waals surface area contributed by atoms with Gasteiger partial charge < -0.3 is 5.11 Å². The van der Waals surface area contributed by atoms with Crippen molar-refractivity contribution in [3.8, 4) is 11.4 Å². The maximum Gasteiger partial charge on any atom is 0.339 e. The van der Waals surface area contributed by atoms with E-state index in [4.69, 9.17) is 5.11 Å². The molecule has 0 saturated heterocycles. The summed E-state index contributed by atoms with van der Waals surface area (Å²) in [6, 6.07) is 6.79. The van der Waals surface area contributed by atoms with Crippen LogP contribution in [0.1, 0.15) is 29.9 Å². The number of hydrogen-bond donors (Lipinski definition) is 1. The van der Waals surface area contributed by atoms with Crippen molar-refractivity contribution >= 4 is 11.6 Å². The Bertz CT molecular complexity index is 780. The molecule has 0 spiro atoms. The minimum atomic E-state index is -1.02. The fraction of sp³-hybridized carbons (Fsp3) is 0.200. The number of fused-ring (bicyclic) bond motifs is 1. The van der Waals surface area contributed by atoms with Gasteiger partial charge in [-0.05, 0) is 31.2 Å². The summed E-state index contributed by atoms with van der Waals surface area (Å²) >= 11 is 0. The first-order valence-electron chi connectivity index (χ1n) is 6.67. The molecule has 0 unspecified atom stereocenters. The Hall–Kier alpha value is -2.76. The van der Waals surface area contributed by atoms with Crippen molar-refractivity contribution in [2.75, 3.05) is 0 Å². The van der Waals surface area contributed by atoms with Gasteiger partial charge in [0.1, 0.15) is 5.56 Å². The molecule has 21 heavy (non-hydrogen) atoms. The van der Waals surface area contributed by atoms with Crippen LogP contribution in [0.25, 0.3) is 17.0 Å². The molecule has 3 aromatic rings. The molecule has 3 rings (SSSR count). The van der Waals surface area contributed by atoms with Crippen molar-refractivity contribution in [3.05, 3.63) is 47.9 Å². The first kappa shape index (κ1) is 14.6. The van der Waals surface area contributed by atoms with Crippen LogP contribution in [0.5, 0.6) is 0 Å². The Labute approximate surface area is 122 Å². The van der Waals surface area contributed by atoms with E-state index in [9.17, 15) is 4.79 Å². The van der Waals surface area contributed by atoms with Gasteiger partial charge in [-0.3, -0.25) is 4.98 Å². The summed E-state index contributed by atoms with van der Waals surface area (Å²) in [7, 11) is 0. The van der Waals surface area contributed by atoms with Crippen LogP contribution in [-0.4, -0.2) is 30.7 Å². The summed E-state index contributed by atoms with van der Waals surface area (Å²) in [5, 5.41) is 13.4. The molecule has 0 aromatic carbocycles. The lowest BCUT2D eigenvalue weighted by molar-refractivity contribution is 0.0698. The van der Waals surface area contributed by atoms with Gasteiger partial charge in [-0.15, -0.1) is 5.10 Å². The van der Waals surface area contributed by atoms with E-state index < -0.39 is 5.97 Å². The van der Waals surface area contributed by atoms with Crippen molar-refractivity contribution in [2.24, 2.45) is 0 Å². The number of aromatic nitrogens is 4. The number of hydrogen-bond acceptors (Lipinski definition) is 4. The highest BCUT2D eigenvalue weighted by Crippen LogP contribution is 2.18. The molecular formula is C15H16N4O2. The summed E-state index contributed by atoms with van der Waals surface area (Å²) in [5.74, 6) is -0.533. The van der Waals surface area contributed by atoms with Gasteiger partial charge in [-0.1, -0.05) is 13.8 Å². The van der Waals surface area contributed by atoms with Crippen molar-refractivity contribution in [3.63, 3.8) is 0 Å². The number of carboxylic acids is 1. The highest BCUT2D eigenvalue weighted by molar-refractivity contribution is 5.94. The third-order valence-corrected chi connectivity index (χ3v) is 2.75. The monoisotopic (exact) mass is 284 g/mol. The van der Waals surface area contributed by atoms with Crippen LogP contribution in [0, 0.1) is 6.92 Å². The van der Waals surface area contributed by atoms with Crippen LogP contribution in [0.4, 0.5) is 0 Å². The van der Waals surface area contributed by atoms with E-state index in [1.165, 1.54) is 10.6 Å². The number of aryl methyl sites for hydroxylation is 1. The molecule has 1 N–H and O–H groups in total. The smallest absolute Gasteiger partial charge is 0.339 e. The lowest BCUT2D eigenvalue weighted by Crippen LogP contribution is -2.00. The van der Waals surface area contributed by atoms with Crippen molar-refractivity contribution < 1.29 is 9.90 Å². The average Bonchev–Trinajstić information content (AvgIpc) is 2.93. The molecule has 0 atom stereocenters. The molecule has 3 aromatic heterocycles. The zero-order valence-electron chi connectivity index (χ0n) is 12.1. The fourth-order valence-electron chi connectivity index (χ4n) is 1.88. The summed E-state index contributed by atoms with van der Waals surface area (Å²) in [6.07, 6.45) is 3.35. The Kier molecular flexibility index (Phi) is 4.27. The van der Waals surface area contributed by atoms with E-state index in [1.54, 1.807) is 24.5 Å². The normalized spacial score (nSPS) is 10.0. The first-order valence-corrected chi connectivity index (χ1v) is 6.67. The maximum absolute atomic E-state index is 11.1. The quantitative estimate of drug-likeness (QED) is 0.782. The average molecular weight is 284 g/mol. The second-order valence-electron chi connectivity index (χ2n) is 4.12. The minimum Gasteiger partial charge on any atom is -0.478 e. The van der Waals surface area contributed by atoms with Crippen LogP contribution in [0.3, 0.4) is 0 Å². The second-order valence-corrected chi connectivity index (χ2v) is 4.12. The highest BCUT2D eigenvalue weighted by atomic mass is 16.4. The molecule has 6 nitrogen and oxygen atoms in total. The molecule has 3 heterocycles. The van der Waals surface area contributed by atoms with E-state index >= 15 is 0 Å². The lowest BCUT2D eigenvalue weighted by atomic mass is 10.2. The molecular weight excluding hydrogens is 268 g/mol. The standard InChI is InChI=1S/C13H10N4O2.C2H6/c1-8-7-9(4-5-14-8)11-15-12-10(13(18)19)3-2-6-17(12)16-11;1-2/h2-7H,1H3,(H,18,19);1-2H3. The molecule has 0 radical (unpaired) electrons. The van der Waals surface area contributed by atoms with Gasteiger partial charge in [-0.25, -0.2) is 14.3 Å². The SMILES string of the molecule is CC.Cc1cc(-c2nc3c(C(=O)O)cccn3n2)ccn1. The van der Waals surface area contributed by atoms with Gasteiger partial charge in [-0.2, -0.15) is 0 Å². The molecule has 0 bridgehead atoms. The number of rotatable bonds is 2. The predicted molar refractivity (Wildman–Crippen MR) is 79.3 cm³/mol. The van der Waals surface area contributed by atoms with Crippen LogP contribution >= 0.6 is 0 Å². The van der Waals surface area contributed by atoms with Crippen molar-refractivity contribution in [1.82, 2.24) is 19.6 Å². The van der Waals surface area contributed by atoms with E-state index in [1.807, 2.05) is 26.8 Å². The van der Waals surface area contributed by atoms with Crippen LogP contribution in [0.15, 0.2) is 36.7 Å². The minimum absolute atomic E-state index is 0.132. The van der Waals surface area contributed by atoms with Crippen LogP contribution < -0.4 is 0 Å². The molecule has 6 heteroatoms. The Morgan fingerprint density at radius 1 is 1.29 bits per heavy atom. The van der Waals surface area contributed by atoms with Gasteiger partial charge in [0.15, 0.2) is 11.5 Å². The van der Waals surface area contributed by atoms with Crippen molar-refractivity contribution in [1.29, 1.82) is 0 Å². The Balaban J connectivity index is 0.000000774. The zero-order chi connectivity index (χ0) is 15.4. The fourth-order valence-corrected chi connectivity index (χ4v) is 1.88. The number of pyridine rings is 2. The van der Waals surface area contributed by atoms with Gasteiger partial charge >= 0.3 is 5.97 Å². The third-order valence-electron chi connectivity index (χ3n) is 2.75. The molecule has 0 aliphatic rings. The summed E-state index contributed by atoms with van der Waals surface area (Å²) in [6.45, 7) is 5.88. The number of nitrogens with zero attached hydrogens (tertiary/aromatic N) is 4. The van der Waals surface area contributed by atoms with Crippen molar-refractivity contribution in [2.45, 2.75) is 20.8 Å². The van der Waals surface area contributed by atoms with Gasteiger partial charge in [0.25, 0.3) is 0 Å². The lowest BCUT2D eigenvalue weighted by Gasteiger charge is -1.95. The highest BCUT2D eigenvalue weighted by Gasteiger charge is 2.13. The summed E-state index contributed by atoms with van der Waals surface area (Å²) in [4.78, 5) is 19.5. The number of carboxylic acid groups (broad SMARTS) is 1. The van der Waals surface area contributed by atoms with Gasteiger partial charge in [0, 0.05) is 23.7 Å². The third kappa shape index (κ3) is 2.89. The Morgan fingerprint density at radius 2 is 2.05 bits per heavy atom. The van der Waals surface area contributed by atoms with Gasteiger partial charge in [0.2, 0.25) is 0 Å². The van der Waals surface area contributed by atoms with E-state index in [2.05, 4.69) is 15.1 Å². The number of carbonyl (C=O) groups is 1. The van der Waals surface area contributed by atoms with Crippen LogP contribution in [-0.2, 0) is 0 Å². The molecule has 0 aliphatic heterocycles. The molecule has 0 fully saturated rings. The zero-order valence-corrected chi connectivity index (χ0v) is 12.1. The number of aromatic carboxylic acids is 1. The molecule has 0 amide bonds. The molecule has 0 saturated carbocycles. The Morgan fingerprint density at radius 3 is 2.71 bits per heavy atom. The van der Waals surface area contributed by atoms with Gasteiger partial charge in [0.05, 0.1) is 0 Å². The maximum atomic E-state index is 11.1. The van der Waals surface area contributed by atoms with E-state index in [0.29, 0.717) is 11.5 Å². The predicted octanol–water partition coefficient (Wildman–Crippen LogP) is 2.82. The van der Waals surface area contributed by atoms with E-state index in [0.717, 1.165) is 11.3 Å². The second kappa shape index (κ2) is 6.13. The van der Waals surface area contributed by atoms with E-state index in [-0.39, 0.29) is 5.56 Å². The summed E-state index contributed by atoms with van der Waals surface area (Å²) in [5.41, 5.74) is 2.13. The molecule has 0 aliphatic carbocycles. The summed E-state index contributed by atoms with van der Waals surface area (Å²) < 4.78 is 1.47. The molecule has 108 valence electrons. The van der Waals surface area contributed by atoms with Crippen LogP contribution in [0.2, 0.25) is 0 Å². The largest absolute Gasteiger partial charge is 0.478 e. The first-order chi connectivity index (χ1) is 10.1.